The predicted molar refractivity (Wildman–Crippen MR) is 99.0 cm³/mol. The highest BCUT2D eigenvalue weighted by atomic mass is 16.2. The lowest BCUT2D eigenvalue weighted by atomic mass is 10.1. The first-order chi connectivity index (χ1) is 13.2. The molecule has 3 aromatic rings. The quantitative estimate of drug-likeness (QED) is 0.722. The van der Waals surface area contributed by atoms with Gasteiger partial charge in [-0.25, -0.2) is 0 Å². The summed E-state index contributed by atoms with van der Waals surface area (Å²) in [6.45, 7) is 1.01. The van der Waals surface area contributed by atoms with Crippen LogP contribution in [-0.2, 0) is 19.5 Å². The summed E-state index contributed by atoms with van der Waals surface area (Å²) in [7, 11) is 0. The van der Waals surface area contributed by atoms with Crippen molar-refractivity contribution in [2.45, 2.75) is 25.6 Å². The summed E-state index contributed by atoms with van der Waals surface area (Å²) in [5.74, 6) is -0.326. The Morgan fingerprint density at radius 1 is 1.07 bits per heavy atom. The monoisotopic (exact) mass is 361 g/mol. The van der Waals surface area contributed by atoms with E-state index in [4.69, 9.17) is 0 Å². The van der Waals surface area contributed by atoms with Crippen LogP contribution in [0, 0.1) is 0 Å². The van der Waals surface area contributed by atoms with E-state index in [1.807, 2.05) is 30.3 Å². The van der Waals surface area contributed by atoms with Crippen LogP contribution < -0.4 is 10.6 Å². The minimum absolute atomic E-state index is 0.0953. The first-order valence-electron chi connectivity index (χ1n) is 8.78. The Kier molecular flexibility index (Phi) is 4.65. The molecule has 0 saturated heterocycles. The molecule has 2 N–H and O–H groups in total. The maximum Gasteiger partial charge on any atom is 0.255 e. The van der Waals surface area contributed by atoms with Gasteiger partial charge in [-0.15, -0.1) is 0 Å². The molecular formula is C20H19N5O2. The van der Waals surface area contributed by atoms with Gasteiger partial charge in [-0.3, -0.25) is 19.3 Å². The molecule has 2 aromatic heterocycles. The number of rotatable bonds is 5. The zero-order chi connectivity index (χ0) is 18.6. The van der Waals surface area contributed by atoms with Crippen molar-refractivity contribution < 1.29 is 9.59 Å². The second-order valence-electron chi connectivity index (χ2n) is 6.47. The number of carbonyl (C=O) groups excluding carboxylic acids is 2. The van der Waals surface area contributed by atoms with Gasteiger partial charge in [-0.05, 0) is 17.7 Å². The maximum atomic E-state index is 12.5. The number of amides is 2. The van der Waals surface area contributed by atoms with E-state index >= 15 is 0 Å². The maximum absolute atomic E-state index is 12.5. The van der Waals surface area contributed by atoms with Crippen molar-refractivity contribution in [1.82, 2.24) is 25.4 Å². The van der Waals surface area contributed by atoms with Crippen LogP contribution in [0.1, 0.15) is 32.0 Å². The summed E-state index contributed by atoms with van der Waals surface area (Å²) in [5, 5.41) is 10.2. The SMILES string of the molecule is O=C(N[C@H]1Cc2c(C(=O)NCc3ccccc3)cnn2C1)c1cccnc1. The van der Waals surface area contributed by atoms with Crippen molar-refractivity contribution >= 4 is 11.8 Å². The van der Waals surface area contributed by atoms with Gasteiger partial charge in [0.25, 0.3) is 11.8 Å². The van der Waals surface area contributed by atoms with Gasteiger partial charge in [0.15, 0.2) is 0 Å². The number of nitrogens with one attached hydrogen (secondary N) is 2. The third kappa shape index (κ3) is 3.72. The van der Waals surface area contributed by atoms with Gasteiger partial charge in [0.1, 0.15) is 0 Å². The normalized spacial score (nSPS) is 15.2. The molecule has 4 rings (SSSR count). The van der Waals surface area contributed by atoms with E-state index < -0.39 is 0 Å². The lowest BCUT2D eigenvalue weighted by Crippen LogP contribution is -2.36. The summed E-state index contributed by atoms with van der Waals surface area (Å²) in [6.07, 6.45) is 5.32. The van der Waals surface area contributed by atoms with Gasteiger partial charge in [-0.2, -0.15) is 5.10 Å². The Morgan fingerprint density at radius 2 is 1.93 bits per heavy atom. The van der Waals surface area contributed by atoms with Crippen LogP contribution in [0.4, 0.5) is 0 Å². The van der Waals surface area contributed by atoms with Crippen molar-refractivity contribution in [1.29, 1.82) is 0 Å². The van der Waals surface area contributed by atoms with Crippen molar-refractivity contribution in [3.05, 3.63) is 83.4 Å². The molecule has 7 heteroatoms. The molecule has 0 unspecified atom stereocenters. The Balaban J connectivity index is 1.38. The smallest absolute Gasteiger partial charge is 0.255 e. The molecule has 7 nitrogen and oxygen atoms in total. The fraction of sp³-hybridized carbons (Fsp3) is 0.200. The van der Waals surface area contributed by atoms with E-state index in [-0.39, 0.29) is 17.9 Å². The van der Waals surface area contributed by atoms with Gasteiger partial charge in [-0.1, -0.05) is 30.3 Å². The zero-order valence-corrected chi connectivity index (χ0v) is 14.6. The van der Waals surface area contributed by atoms with Gasteiger partial charge < -0.3 is 10.6 Å². The van der Waals surface area contributed by atoms with E-state index in [0.717, 1.165) is 11.3 Å². The largest absolute Gasteiger partial charge is 0.348 e. The molecule has 1 atom stereocenters. The minimum atomic E-state index is -0.172. The second-order valence-corrected chi connectivity index (χ2v) is 6.47. The summed E-state index contributed by atoms with van der Waals surface area (Å²) in [6, 6.07) is 13.1. The Labute approximate surface area is 156 Å². The Hall–Kier alpha value is -3.48. The van der Waals surface area contributed by atoms with Crippen molar-refractivity contribution in [2.75, 3.05) is 0 Å². The summed E-state index contributed by atoms with van der Waals surface area (Å²) in [4.78, 5) is 28.8. The minimum Gasteiger partial charge on any atom is -0.348 e. The first kappa shape index (κ1) is 17.0. The molecule has 1 aliphatic heterocycles. The standard InChI is InChI=1S/C20H19N5O2/c26-19(15-7-4-8-21-11-15)24-16-9-18-17(12-23-25(18)13-16)20(27)22-10-14-5-2-1-3-6-14/h1-8,11-12,16H,9-10,13H2,(H,22,27)(H,24,26)/t16-/m0/s1. The molecule has 0 aliphatic carbocycles. The van der Waals surface area contributed by atoms with E-state index in [9.17, 15) is 9.59 Å². The second kappa shape index (κ2) is 7.41. The molecular weight excluding hydrogens is 342 g/mol. The molecule has 0 fully saturated rings. The van der Waals surface area contributed by atoms with Gasteiger partial charge in [0.2, 0.25) is 0 Å². The molecule has 27 heavy (non-hydrogen) atoms. The fourth-order valence-corrected chi connectivity index (χ4v) is 3.22. The Morgan fingerprint density at radius 3 is 2.70 bits per heavy atom. The van der Waals surface area contributed by atoms with E-state index in [1.165, 1.54) is 6.20 Å². The lowest BCUT2D eigenvalue weighted by Gasteiger charge is -2.11. The number of benzene rings is 1. The number of fused-ring (bicyclic) bond motifs is 1. The van der Waals surface area contributed by atoms with Crippen LogP contribution in [0.5, 0.6) is 0 Å². The first-order valence-corrected chi connectivity index (χ1v) is 8.78. The number of nitrogens with zero attached hydrogens (tertiary/aromatic N) is 3. The zero-order valence-electron chi connectivity index (χ0n) is 14.6. The van der Waals surface area contributed by atoms with Crippen LogP contribution in [0.25, 0.3) is 0 Å². The van der Waals surface area contributed by atoms with E-state index in [0.29, 0.717) is 30.6 Å². The van der Waals surface area contributed by atoms with Gasteiger partial charge >= 0.3 is 0 Å². The van der Waals surface area contributed by atoms with Crippen LogP contribution in [-0.4, -0.2) is 32.6 Å². The van der Waals surface area contributed by atoms with Crippen molar-refractivity contribution in [2.24, 2.45) is 0 Å². The summed E-state index contributed by atoms with van der Waals surface area (Å²) >= 11 is 0. The molecule has 0 saturated carbocycles. The molecule has 136 valence electrons. The third-order valence-corrected chi connectivity index (χ3v) is 4.58. The van der Waals surface area contributed by atoms with Crippen LogP contribution >= 0.6 is 0 Å². The molecule has 1 aromatic carbocycles. The molecule has 0 spiro atoms. The lowest BCUT2D eigenvalue weighted by molar-refractivity contribution is 0.0934. The van der Waals surface area contributed by atoms with E-state index in [2.05, 4.69) is 20.7 Å². The molecule has 2 amide bonds. The average Bonchev–Trinajstić information content (AvgIpc) is 3.27. The third-order valence-electron chi connectivity index (χ3n) is 4.58. The number of carbonyl (C=O) groups is 2. The molecule has 0 radical (unpaired) electrons. The topological polar surface area (TPSA) is 88.9 Å². The molecule has 3 heterocycles. The predicted octanol–water partition coefficient (Wildman–Crippen LogP) is 1.56. The molecule has 1 aliphatic rings. The fourth-order valence-electron chi connectivity index (χ4n) is 3.22. The van der Waals surface area contributed by atoms with E-state index in [1.54, 1.807) is 29.2 Å². The van der Waals surface area contributed by atoms with Crippen LogP contribution in [0.15, 0.2) is 61.1 Å². The number of pyridine rings is 1. The summed E-state index contributed by atoms with van der Waals surface area (Å²) in [5.41, 5.74) is 2.96. The van der Waals surface area contributed by atoms with Crippen molar-refractivity contribution in [3.63, 3.8) is 0 Å². The summed E-state index contributed by atoms with van der Waals surface area (Å²) < 4.78 is 1.78. The van der Waals surface area contributed by atoms with Crippen LogP contribution in [0.3, 0.4) is 0 Å². The number of hydrogen-bond donors (Lipinski definition) is 2. The van der Waals surface area contributed by atoms with Gasteiger partial charge in [0.05, 0.1) is 35.6 Å². The van der Waals surface area contributed by atoms with Crippen molar-refractivity contribution in [3.8, 4) is 0 Å². The number of aromatic nitrogens is 3. The Bertz CT molecular complexity index is 953. The highest BCUT2D eigenvalue weighted by molar-refractivity contribution is 5.95. The highest BCUT2D eigenvalue weighted by Crippen LogP contribution is 2.19. The highest BCUT2D eigenvalue weighted by Gasteiger charge is 2.28. The van der Waals surface area contributed by atoms with Crippen LogP contribution in [0.2, 0.25) is 0 Å². The number of hydrogen-bond acceptors (Lipinski definition) is 4. The van der Waals surface area contributed by atoms with Gasteiger partial charge in [0, 0.05) is 25.4 Å². The average molecular weight is 361 g/mol. The molecule has 0 bridgehead atoms.